The van der Waals surface area contributed by atoms with Crippen LogP contribution in [0.1, 0.15) is 26.2 Å². The summed E-state index contributed by atoms with van der Waals surface area (Å²) in [5, 5.41) is 25.4. The van der Waals surface area contributed by atoms with Gasteiger partial charge in [0.2, 0.25) is 0 Å². The van der Waals surface area contributed by atoms with Crippen LogP contribution in [0.3, 0.4) is 0 Å². The van der Waals surface area contributed by atoms with Crippen molar-refractivity contribution in [3.05, 3.63) is 0 Å². The Balaban J connectivity index is -0.000000395. The maximum atomic E-state index is 12.7. The van der Waals surface area contributed by atoms with Crippen molar-refractivity contribution in [3.63, 3.8) is 0 Å². The van der Waals surface area contributed by atoms with Gasteiger partial charge in [-0.25, -0.2) is 0 Å². The van der Waals surface area contributed by atoms with Crippen molar-refractivity contribution in [2.24, 2.45) is 5.41 Å². The number of aliphatic hydroxyl groups excluding tert-OH is 3. The summed E-state index contributed by atoms with van der Waals surface area (Å²) in [4.78, 5) is 0. The molecule has 0 aromatic heterocycles. The summed E-state index contributed by atoms with van der Waals surface area (Å²) in [6.07, 6.45) is -28.7. The van der Waals surface area contributed by atoms with Gasteiger partial charge in [0.1, 0.15) is 0 Å². The molecule has 0 fully saturated rings. The van der Waals surface area contributed by atoms with E-state index in [-0.39, 0.29) is 19.8 Å². The first kappa shape index (κ1) is 69.3. The summed E-state index contributed by atoms with van der Waals surface area (Å²) in [5.41, 5.74) is -0.708. The lowest BCUT2D eigenvalue weighted by Crippen LogP contribution is -2.61. The summed E-state index contributed by atoms with van der Waals surface area (Å²) < 4.78 is 413. The van der Waals surface area contributed by atoms with E-state index in [4.69, 9.17) is 29.0 Å². The van der Waals surface area contributed by atoms with Gasteiger partial charge in [0.15, 0.2) is 0 Å². The molecule has 12 nitrogen and oxygen atoms in total. The zero-order valence-corrected chi connectivity index (χ0v) is 32.9. The molecule has 398 valence electrons. The summed E-state index contributed by atoms with van der Waals surface area (Å²) in [6.45, 7) is 1.06. The highest BCUT2D eigenvalue weighted by Gasteiger charge is 2.83. The molecule has 42 heteroatoms. The van der Waals surface area contributed by atoms with E-state index in [1.54, 1.807) is 6.92 Å². The van der Waals surface area contributed by atoms with Crippen LogP contribution in [0.4, 0.5) is 119 Å². The van der Waals surface area contributed by atoms with E-state index in [0.717, 1.165) is 0 Å². The van der Waals surface area contributed by atoms with Gasteiger partial charge in [0.05, 0.1) is 37.1 Å². The average molecular weight is 1100 g/mol. The zero-order valence-electron chi connectivity index (χ0n) is 30.4. The molecule has 0 heterocycles. The molecule has 0 radical (unpaired) electrons. The van der Waals surface area contributed by atoms with Gasteiger partial charge in [-0.15, -0.1) is 0 Å². The first-order chi connectivity index (χ1) is 27.6. The highest BCUT2D eigenvalue weighted by atomic mass is 32.2. The topological polar surface area (TPSA) is 224 Å². The molecule has 0 atom stereocenters. The molecule has 0 aliphatic carbocycles. The quantitative estimate of drug-likeness (QED) is 0.0594. The number of halogens is 27. The van der Waals surface area contributed by atoms with Gasteiger partial charge < -0.3 is 15.3 Å². The molecule has 0 bridgehead atoms. The Labute approximate surface area is 344 Å². The molecule has 0 aliphatic rings. The van der Waals surface area contributed by atoms with Gasteiger partial charge in [-0.3, -0.25) is 13.7 Å². The molecule has 0 spiro atoms. The van der Waals surface area contributed by atoms with Crippen molar-refractivity contribution < 1.29 is 173 Å². The molecule has 6 N–H and O–H groups in total. The molecule has 0 aromatic carbocycles. The Morgan fingerprint density at radius 2 is 0.446 bits per heavy atom. The van der Waals surface area contributed by atoms with Crippen LogP contribution in [0, 0.1) is 5.41 Å². The number of aliphatic hydroxyl groups is 3. The van der Waals surface area contributed by atoms with E-state index in [0.29, 0.717) is 0 Å². The highest BCUT2D eigenvalue weighted by Crippen LogP contribution is 2.56. The molecular weight excluding hydrogens is 1080 g/mol. The first-order valence-electron chi connectivity index (χ1n) is 14.8. The number of alkyl halides is 27. The molecule has 0 rings (SSSR count). The summed E-state index contributed by atoms with van der Waals surface area (Å²) in [5.74, 6) is -66.1. The van der Waals surface area contributed by atoms with Crippen LogP contribution in [-0.4, -0.2) is 163 Å². The fraction of sp³-hybridized carbons (Fsp3) is 1.00. The van der Waals surface area contributed by atoms with Gasteiger partial charge in [0.25, 0.3) is 30.4 Å². The maximum absolute atomic E-state index is 12.7. The number of rotatable bonds is 18. The lowest BCUT2D eigenvalue weighted by atomic mass is 9.95. The monoisotopic (exact) mass is 1100 g/mol. The normalized spacial score (nSPS) is 15.2. The van der Waals surface area contributed by atoms with E-state index in [1.165, 1.54) is 0 Å². The second-order valence-electron chi connectivity index (χ2n) is 12.4. The van der Waals surface area contributed by atoms with Crippen LogP contribution >= 0.6 is 0 Å². The van der Waals surface area contributed by atoms with Crippen molar-refractivity contribution >= 4 is 30.4 Å². The Bertz CT molecular complexity index is 1620. The van der Waals surface area contributed by atoms with Crippen molar-refractivity contribution in [1.82, 2.24) is 0 Å². The average Bonchev–Trinajstić information content (AvgIpc) is 3.07. The standard InChI is InChI=1S/3C6H5F9O3S.C5H12O3/c3*7-3(8,1-2-19(16,17)18)4(9,10)5(11,12)6(13,14)15;1-5(2-6,3-7)4-8/h3*1-2H2,(H,16,17,18);6-8H,2-4H2,1H3. The molecular formula is C23H27F27O12S3. The van der Waals surface area contributed by atoms with Gasteiger partial charge >= 0.3 is 71.8 Å². The summed E-state index contributed by atoms with van der Waals surface area (Å²) in [7, 11) is -15.7. The van der Waals surface area contributed by atoms with Crippen molar-refractivity contribution in [1.29, 1.82) is 0 Å². The molecule has 0 aliphatic heterocycles. The molecule has 0 amide bonds. The van der Waals surface area contributed by atoms with Crippen molar-refractivity contribution in [2.45, 2.75) is 98.0 Å². The fourth-order valence-electron chi connectivity index (χ4n) is 2.62. The maximum Gasteiger partial charge on any atom is 0.460 e. The summed E-state index contributed by atoms with van der Waals surface area (Å²) in [6, 6.07) is 0. The minimum Gasteiger partial charge on any atom is -0.396 e. The van der Waals surface area contributed by atoms with E-state index in [1.807, 2.05) is 0 Å². The van der Waals surface area contributed by atoms with Gasteiger partial charge in [-0.05, 0) is 0 Å². The van der Waals surface area contributed by atoms with E-state index in [2.05, 4.69) is 0 Å². The zero-order chi connectivity index (χ0) is 54.4. The Kier molecular flexibility index (Phi) is 23.0. The minimum atomic E-state index is -7.07. The molecule has 0 saturated heterocycles. The second-order valence-corrected chi connectivity index (χ2v) is 17.2. The third-order valence-corrected chi connectivity index (χ3v) is 8.96. The third kappa shape index (κ3) is 18.6. The van der Waals surface area contributed by atoms with Gasteiger partial charge in [0, 0.05) is 24.7 Å². The fourth-order valence-corrected chi connectivity index (χ4v) is 4.16. The number of hydrogen-bond donors (Lipinski definition) is 6. The van der Waals surface area contributed by atoms with Crippen LogP contribution in [-0.2, 0) is 30.4 Å². The van der Waals surface area contributed by atoms with Gasteiger partial charge in [-0.1, -0.05) is 6.92 Å². The lowest BCUT2D eigenvalue weighted by Gasteiger charge is -2.33. The minimum absolute atomic E-state index is 0.181. The van der Waals surface area contributed by atoms with E-state index < -0.39 is 144 Å². The molecule has 65 heavy (non-hydrogen) atoms. The molecule has 0 aromatic rings. The predicted octanol–water partition coefficient (Wildman–Crippen LogP) is 7.17. The Morgan fingerprint density at radius 3 is 0.523 bits per heavy atom. The van der Waals surface area contributed by atoms with Gasteiger partial charge in [-0.2, -0.15) is 144 Å². The van der Waals surface area contributed by atoms with Crippen LogP contribution in [0.15, 0.2) is 0 Å². The lowest BCUT2D eigenvalue weighted by molar-refractivity contribution is -0.396. The third-order valence-electron chi connectivity index (χ3n) is 6.80. The highest BCUT2D eigenvalue weighted by molar-refractivity contribution is 7.86. The Morgan fingerprint density at radius 1 is 0.308 bits per heavy atom. The van der Waals surface area contributed by atoms with Crippen LogP contribution < -0.4 is 0 Å². The van der Waals surface area contributed by atoms with Crippen molar-refractivity contribution in [3.8, 4) is 0 Å². The van der Waals surface area contributed by atoms with E-state index >= 15 is 0 Å². The second kappa shape index (κ2) is 21.6. The molecule has 0 unspecified atom stereocenters. The predicted molar refractivity (Wildman–Crippen MR) is 155 cm³/mol. The van der Waals surface area contributed by atoms with E-state index in [9.17, 15) is 144 Å². The number of hydrogen-bond acceptors (Lipinski definition) is 9. The van der Waals surface area contributed by atoms with Crippen molar-refractivity contribution in [2.75, 3.05) is 37.1 Å². The molecule has 0 saturated carbocycles. The van der Waals surface area contributed by atoms with Crippen LogP contribution in [0.2, 0.25) is 0 Å². The smallest absolute Gasteiger partial charge is 0.396 e. The first-order valence-corrected chi connectivity index (χ1v) is 19.7. The van der Waals surface area contributed by atoms with Crippen LogP contribution in [0.25, 0.3) is 0 Å². The van der Waals surface area contributed by atoms with Crippen LogP contribution in [0.5, 0.6) is 0 Å². The Hall–Kier alpha value is -2.28. The summed E-state index contributed by atoms with van der Waals surface area (Å²) >= 11 is 0. The largest absolute Gasteiger partial charge is 0.460 e. The SMILES string of the molecule is CC(CO)(CO)CO.O=S(=O)(O)CCC(F)(F)C(F)(F)C(F)(F)C(F)(F)F.O=S(=O)(O)CCC(F)(F)C(F)(F)C(F)(F)C(F)(F)F.O=S(=O)(O)CCC(F)(F)C(F)(F)C(F)(F)C(F)(F)F.